The van der Waals surface area contributed by atoms with Gasteiger partial charge in [-0.1, -0.05) is 0 Å². The van der Waals surface area contributed by atoms with Crippen LogP contribution < -0.4 is 0 Å². The Morgan fingerprint density at radius 3 is 2.62 bits per heavy atom. The average molecular weight is 177 g/mol. The van der Waals surface area contributed by atoms with Crippen molar-refractivity contribution in [3.05, 3.63) is 0 Å². The molecule has 0 aromatic carbocycles. The van der Waals surface area contributed by atoms with Crippen LogP contribution in [-0.4, -0.2) is 22.9 Å². The molecule has 0 bridgehead atoms. The summed E-state index contributed by atoms with van der Waals surface area (Å²) < 4.78 is 0. The molecule has 2 aliphatic heterocycles. The molecule has 2 nitrogen and oxygen atoms in total. The zero-order valence-electron chi connectivity index (χ0n) is 7.83. The van der Waals surface area contributed by atoms with Crippen LogP contribution in [0.2, 0.25) is 0 Å². The van der Waals surface area contributed by atoms with Crippen molar-refractivity contribution in [3.8, 4) is 0 Å². The Kier molecular flexibility index (Phi) is 0.946. The standard InChI is InChI=1S/C11H15NO/c13-10-5-8-3-1-7-2-4-9-6-12(10)11(7,8)9/h7-9H,1-6H2/t7-,8-,9+,11?/m0/s1. The molecule has 4 atom stereocenters. The van der Waals surface area contributed by atoms with Gasteiger partial charge in [0, 0.05) is 18.9 Å². The van der Waals surface area contributed by atoms with Crippen LogP contribution in [0.15, 0.2) is 0 Å². The van der Waals surface area contributed by atoms with Crippen molar-refractivity contribution in [1.29, 1.82) is 0 Å². The quantitative estimate of drug-likeness (QED) is 0.548. The monoisotopic (exact) mass is 177 g/mol. The van der Waals surface area contributed by atoms with Gasteiger partial charge in [0.1, 0.15) is 0 Å². The third-order valence-electron chi connectivity index (χ3n) is 5.28. The summed E-state index contributed by atoms with van der Waals surface area (Å²) in [5, 5.41) is 0. The molecule has 2 heterocycles. The molecule has 1 unspecified atom stereocenters. The highest BCUT2D eigenvalue weighted by Crippen LogP contribution is 2.66. The Morgan fingerprint density at radius 2 is 1.77 bits per heavy atom. The summed E-state index contributed by atoms with van der Waals surface area (Å²) in [4.78, 5) is 13.9. The van der Waals surface area contributed by atoms with Crippen molar-refractivity contribution in [3.63, 3.8) is 0 Å². The van der Waals surface area contributed by atoms with E-state index in [1.165, 1.54) is 25.7 Å². The highest BCUT2D eigenvalue weighted by molar-refractivity contribution is 5.82. The van der Waals surface area contributed by atoms with E-state index in [4.69, 9.17) is 0 Å². The average Bonchev–Trinajstić information content (AvgIpc) is 2.59. The first-order valence-electron chi connectivity index (χ1n) is 5.64. The lowest BCUT2D eigenvalue weighted by Gasteiger charge is -2.54. The van der Waals surface area contributed by atoms with Gasteiger partial charge in [-0.3, -0.25) is 4.79 Å². The Bertz CT molecular complexity index is 298. The van der Waals surface area contributed by atoms with Gasteiger partial charge in [0.05, 0.1) is 5.54 Å². The van der Waals surface area contributed by atoms with E-state index in [2.05, 4.69) is 4.90 Å². The number of rotatable bonds is 0. The second kappa shape index (κ2) is 1.79. The summed E-state index contributed by atoms with van der Waals surface area (Å²) in [6.07, 6.45) is 6.44. The molecule has 4 aliphatic rings. The molecule has 0 aromatic heterocycles. The minimum absolute atomic E-state index is 0.428. The molecule has 0 radical (unpaired) electrons. The Balaban J connectivity index is 1.88. The van der Waals surface area contributed by atoms with Gasteiger partial charge in [-0.15, -0.1) is 0 Å². The van der Waals surface area contributed by atoms with E-state index in [1.54, 1.807) is 0 Å². The van der Waals surface area contributed by atoms with Gasteiger partial charge in [-0.2, -0.15) is 0 Å². The smallest absolute Gasteiger partial charge is 0.223 e. The maximum Gasteiger partial charge on any atom is 0.223 e. The lowest BCUT2D eigenvalue weighted by atomic mass is 9.71. The highest BCUT2D eigenvalue weighted by Gasteiger charge is 2.71. The molecular formula is C11H15NO. The molecule has 0 aromatic rings. The molecule has 0 N–H and O–H groups in total. The summed E-state index contributed by atoms with van der Waals surface area (Å²) >= 11 is 0. The van der Waals surface area contributed by atoms with Crippen LogP contribution in [0.1, 0.15) is 32.1 Å². The van der Waals surface area contributed by atoms with Gasteiger partial charge >= 0.3 is 0 Å². The molecular weight excluding hydrogens is 162 g/mol. The van der Waals surface area contributed by atoms with E-state index in [0.717, 1.165) is 30.7 Å². The fourth-order valence-electron chi connectivity index (χ4n) is 4.94. The second-order valence-corrected chi connectivity index (χ2v) is 5.34. The summed E-state index contributed by atoms with van der Waals surface area (Å²) in [5.41, 5.74) is 0.428. The first-order valence-corrected chi connectivity index (χ1v) is 5.64. The van der Waals surface area contributed by atoms with Crippen LogP contribution in [0.3, 0.4) is 0 Å². The third-order valence-corrected chi connectivity index (χ3v) is 5.28. The maximum atomic E-state index is 11.7. The SMILES string of the molecule is O=C1C[C@@H]2CC[C@H]3CC[C@@H]4CN1C342. The van der Waals surface area contributed by atoms with E-state index in [-0.39, 0.29) is 0 Å². The van der Waals surface area contributed by atoms with E-state index in [0.29, 0.717) is 11.4 Å². The molecule has 1 spiro atoms. The van der Waals surface area contributed by atoms with Crippen molar-refractivity contribution in [2.45, 2.75) is 37.6 Å². The van der Waals surface area contributed by atoms with E-state index in [9.17, 15) is 4.79 Å². The van der Waals surface area contributed by atoms with Gasteiger partial charge in [-0.05, 0) is 37.5 Å². The normalized spacial score (nSPS) is 56.5. The fourth-order valence-corrected chi connectivity index (χ4v) is 4.94. The van der Waals surface area contributed by atoms with Crippen molar-refractivity contribution in [2.75, 3.05) is 6.54 Å². The summed E-state index contributed by atoms with van der Waals surface area (Å²) in [6.45, 7) is 1.10. The molecule has 1 amide bonds. The lowest BCUT2D eigenvalue weighted by molar-refractivity contribution is -0.146. The summed E-state index contributed by atoms with van der Waals surface area (Å²) in [6, 6.07) is 0. The third kappa shape index (κ3) is 0.498. The fraction of sp³-hybridized carbons (Fsp3) is 0.909. The van der Waals surface area contributed by atoms with Crippen LogP contribution in [0.5, 0.6) is 0 Å². The van der Waals surface area contributed by atoms with E-state index >= 15 is 0 Å². The molecule has 4 fully saturated rings. The Hall–Kier alpha value is -0.530. The zero-order chi connectivity index (χ0) is 8.63. The number of hydrogen-bond acceptors (Lipinski definition) is 1. The van der Waals surface area contributed by atoms with Crippen molar-refractivity contribution in [1.82, 2.24) is 4.90 Å². The first kappa shape index (κ1) is 6.86. The van der Waals surface area contributed by atoms with Gasteiger partial charge < -0.3 is 4.90 Å². The van der Waals surface area contributed by atoms with E-state index < -0.39 is 0 Å². The second-order valence-electron chi connectivity index (χ2n) is 5.34. The molecule has 70 valence electrons. The highest BCUT2D eigenvalue weighted by atomic mass is 16.2. The van der Waals surface area contributed by atoms with Crippen LogP contribution in [-0.2, 0) is 4.79 Å². The Labute approximate surface area is 78.3 Å². The van der Waals surface area contributed by atoms with Crippen molar-refractivity contribution < 1.29 is 4.79 Å². The minimum Gasteiger partial charge on any atom is -0.336 e. The van der Waals surface area contributed by atoms with Crippen molar-refractivity contribution >= 4 is 5.91 Å². The lowest BCUT2D eigenvalue weighted by Crippen LogP contribution is -2.65. The molecule has 2 saturated heterocycles. The maximum absolute atomic E-state index is 11.7. The number of amides is 1. The predicted octanol–water partition coefficient (Wildman–Crippen LogP) is 1.41. The number of nitrogens with zero attached hydrogens (tertiary/aromatic N) is 1. The molecule has 13 heavy (non-hydrogen) atoms. The van der Waals surface area contributed by atoms with Gasteiger partial charge in [0.15, 0.2) is 0 Å². The predicted molar refractivity (Wildman–Crippen MR) is 48.0 cm³/mol. The molecule has 2 aliphatic carbocycles. The zero-order valence-corrected chi connectivity index (χ0v) is 7.83. The van der Waals surface area contributed by atoms with Crippen LogP contribution in [0.4, 0.5) is 0 Å². The van der Waals surface area contributed by atoms with Gasteiger partial charge in [0.2, 0.25) is 5.91 Å². The van der Waals surface area contributed by atoms with Gasteiger partial charge in [-0.25, -0.2) is 0 Å². The largest absolute Gasteiger partial charge is 0.336 e. The number of hydrogen-bond donors (Lipinski definition) is 0. The summed E-state index contributed by atoms with van der Waals surface area (Å²) in [5.74, 6) is 3.01. The first-order chi connectivity index (χ1) is 6.33. The molecule has 2 heteroatoms. The van der Waals surface area contributed by atoms with Crippen molar-refractivity contribution in [2.24, 2.45) is 17.8 Å². The van der Waals surface area contributed by atoms with Gasteiger partial charge in [0.25, 0.3) is 0 Å². The Morgan fingerprint density at radius 1 is 1.08 bits per heavy atom. The molecule has 4 rings (SSSR count). The van der Waals surface area contributed by atoms with E-state index in [1.807, 2.05) is 0 Å². The number of carbonyl (C=O) groups excluding carboxylic acids is 1. The minimum atomic E-state index is 0.428. The summed E-state index contributed by atoms with van der Waals surface area (Å²) in [7, 11) is 0. The molecule has 2 saturated carbocycles. The topological polar surface area (TPSA) is 20.3 Å². The van der Waals surface area contributed by atoms with Crippen LogP contribution >= 0.6 is 0 Å². The van der Waals surface area contributed by atoms with Crippen LogP contribution in [0, 0.1) is 17.8 Å². The number of carbonyl (C=O) groups is 1. The van der Waals surface area contributed by atoms with Crippen LogP contribution in [0.25, 0.3) is 0 Å².